The number of halogens is 4. The third-order valence-electron chi connectivity index (χ3n) is 1.82. The van der Waals surface area contributed by atoms with Gasteiger partial charge in [0.2, 0.25) is 0 Å². The lowest BCUT2D eigenvalue weighted by Gasteiger charge is -2.08. The number of aromatic nitrogens is 1. The SMILES string of the molecule is COC(=O)c1cc(F)c(CCl)nc1C(F)F. The predicted octanol–water partition coefficient (Wildman–Crippen LogP) is 2.68. The molecule has 0 aromatic carbocycles. The number of carbonyl (C=O) groups is 1. The molecule has 0 spiro atoms. The van der Waals surface area contributed by atoms with Gasteiger partial charge in [0.1, 0.15) is 11.5 Å². The number of pyridine rings is 1. The van der Waals surface area contributed by atoms with Crippen LogP contribution < -0.4 is 0 Å². The minimum atomic E-state index is -3.00. The minimum Gasteiger partial charge on any atom is -0.465 e. The fourth-order valence-corrected chi connectivity index (χ4v) is 1.26. The molecule has 0 radical (unpaired) electrons. The van der Waals surface area contributed by atoms with Crippen molar-refractivity contribution in [1.82, 2.24) is 4.98 Å². The van der Waals surface area contributed by atoms with E-state index in [9.17, 15) is 18.0 Å². The Morgan fingerprint density at radius 3 is 2.69 bits per heavy atom. The van der Waals surface area contributed by atoms with Gasteiger partial charge in [-0.3, -0.25) is 0 Å². The Labute approximate surface area is 94.2 Å². The molecule has 1 aromatic rings. The van der Waals surface area contributed by atoms with E-state index < -0.39 is 29.5 Å². The fourth-order valence-electron chi connectivity index (χ4n) is 1.08. The molecule has 1 rings (SSSR count). The topological polar surface area (TPSA) is 39.2 Å². The lowest BCUT2D eigenvalue weighted by Crippen LogP contribution is -2.11. The number of nitrogens with zero attached hydrogens (tertiary/aromatic N) is 1. The van der Waals surface area contributed by atoms with Crippen molar-refractivity contribution in [1.29, 1.82) is 0 Å². The predicted molar refractivity (Wildman–Crippen MR) is 50.0 cm³/mol. The van der Waals surface area contributed by atoms with Crippen LogP contribution in [0, 0.1) is 5.82 Å². The second kappa shape index (κ2) is 5.16. The molecule has 88 valence electrons. The number of methoxy groups -OCH3 is 1. The monoisotopic (exact) mass is 253 g/mol. The maximum absolute atomic E-state index is 13.2. The van der Waals surface area contributed by atoms with Crippen LogP contribution in [0.25, 0.3) is 0 Å². The highest BCUT2D eigenvalue weighted by Crippen LogP contribution is 2.24. The number of carbonyl (C=O) groups excluding carboxylic acids is 1. The van der Waals surface area contributed by atoms with Crippen LogP contribution >= 0.6 is 11.6 Å². The Bertz CT molecular complexity index is 412. The molecule has 0 aliphatic heterocycles. The maximum atomic E-state index is 13.2. The van der Waals surface area contributed by atoms with E-state index in [1.807, 2.05) is 0 Å². The van der Waals surface area contributed by atoms with Gasteiger partial charge in [0.15, 0.2) is 0 Å². The van der Waals surface area contributed by atoms with Gasteiger partial charge in [-0.2, -0.15) is 0 Å². The number of rotatable bonds is 3. The van der Waals surface area contributed by atoms with Gasteiger partial charge in [0.05, 0.1) is 24.2 Å². The summed E-state index contributed by atoms with van der Waals surface area (Å²) in [6.07, 6.45) is -3.00. The van der Waals surface area contributed by atoms with Crippen LogP contribution in [0.5, 0.6) is 0 Å². The largest absolute Gasteiger partial charge is 0.465 e. The first-order chi connectivity index (χ1) is 7.51. The van der Waals surface area contributed by atoms with Gasteiger partial charge in [-0.25, -0.2) is 22.9 Å². The molecule has 0 unspecified atom stereocenters. The first-order valence-corrected chi connectivity index (χ1v) is 4.66. The van der Waals surface area contributed by atoms with Crippen LogP contribution in [-0.4, -0.2) is 18.1 Å². The molecule has 0 N–H and O–H groups in total. The van der Waals surface area contributed by atoms with Crippen LogP contribution in [0.15, 0.2) is 6.07 Å². The molecular weight excluding hydrogens is 247 g/mol. The molecule has 7 heteroatoms. The van der Waals surface area contributed by atoms with Crippen molar-refractivity contribution in [3.05, 3.63) is 28.8 Å². The van der Waals surface area contributed by atoms with Crippen molar-refractivity contribution in [2.75, 3.05) is 7.11 Å². The summed E-state index contributed by atoms with van der Waals surface area (Å²) in [4.78, 5) is 14.4. The molecule has 1 aromatic heterocycles. The van der Waals surface area contributed by atoms with Crippen LogP contribution in [0.2, 0.25) is 0 Å². The zero-order chi connectivity index (χ0) is 12.3. The third-order valence-corrected chi connectivity index (χ3v) is 2.07. The van der Waals surface area contributed by atoms with Crippen molar-refractivity contribution < 1.29 is 22.7 Å². The van der Waals surface area contributed by atoms with Gasteiger partial charge in [-0.15, -0.1) is 11.6 Å². The van der Waals surface area contributed by atoms with E-state index in [-0.39, 0.29) is 11.6 Å². The molecule has 0 atom stereocenters. The van der Waals surface area contributed by atoms with Crippen LogP contribution in [0.4, 0.5) is 13.2 Å². The fraction of sp³-hybridized carbons (Fsp3) is 0.333. The molecule has 0 saturated heterocycles. The Balaban J connectivity index is 3.36. The van der Waals surface area contributed by atoms with Gasteiger partial charge in [0.25, 0.3) is 6.43 Å². The van der Waals surface area contributed by atoms with Crippen molar-refractivity contribution >= 4 is 17.6 Å². The normalized spacial score (nSPS) is 10.6. The summed E-state index contributed by atoms with van der Waals surface area (Å²) in [5.74, 6) is -2.34. The molecule has 0 aliphatic rings. The molecular formula is C9H7ClF3NO2. The van der Waals surface area contributed by atoms with E-state index >= 15 is 0 Å². The molecule has 0 aliphatic carbocycles. The summed E-state index contributed by atoms with van der Waals surface area (Å²) in [7, 11) is 1.00. The number of alkyl halides is 3. The summed E-state index contributed by atoms with van der Waals surface area (Å²) < 4.78 is 42.5. The standard InChI is InChI=1S/C9H7ClF3NO2/c1-16-9(15)4-2-5(11)6(3-10)14-7(4)8(12)13/h2,8H,3H2,1H3. The lowest BCUT2D eigenvalue weighted by molar-refractivity contribution is 0.0586. The lowest BCUT2D eigenvalue weighted by atomic mass is 10.1. The van der Waals surface area contributed by atoms with Crippen molar-refractivity contribution in [2.24, 2.45) is 0 Å². The molecule has 1 heterocycles. The van der Waals surface area contributed by atoms with Gasteiger partial charge in [0, 0.05) is 0 Å². The minimum absolute atomic E-state index is 0.329. The van der Waals surface area contributed by atoms with E-state index in [0.29, 0.717) is 6.07 Å². The van der Waals surface area contributed by atoms with E-state index in [4.69, 9.17) is 11.6 Å². The van der Waals surface area contributed by atoms with Crippen molar-refractivity contribution in [3.63, 3.8) is 0 Å². The van der Waals surface area contributed by atoms with Crippen molar-refractivity contribution in [3.8, 4) is 0 Å². The number of ether oxygens (including phenoxy) is 1. The smallest absolute Gasteiger partial charge is 0.340 e. The molecule has 0 saturated carbocycles. The summed E-state index contributed by atoms with van der Waals surface area (Å²) >= 11 is 5.31. The Hall–Kier alpha value is -1.30. The highest BCUT2D eigenvalue weighted by atomic mass is 35.5. The Morgan fingerprint density at radius 2 is 2.25 bits per heavy atom. The summed E-state index contributed by atoms with van der Waals surface area (Å²) in [6, 6.07) is 0.651. The molecule has 0 fully saturated rings. The van der Waals surface area contributed by atoms with E-state index in [1.165, 1.54) is 0 Å². The molecule has 16 heavy (non-hydrogen) atoms. The first kappa shape index (κ1) is 12.8. The van der Waals surface area contributed by atoms with E-state index in [0.717, 1.165) is 7.11 Å². The van der Waals surface area contributed by atoms with Crippen LogP contribution in [0.1, 0.15) is 28.2 Å². The first-order valence-electron chi connectivity index (χ1n) is 4.13. The zero-order valence-electron chi connectivity index (χ0n) is 8.14. The second-order valence-electron chi connectivity index (χ2n) is 2.78. The summed E-state index contributed by atoms with van der Waals surface area (Å²) in [6.45, 7) is 0. The maximum Gasteiger partial charge on any atom is 0.340 e. The number of esters is 1. The Kier molecular flexibility index (Phi) is 4.12. The zero-order valence-corrected chi connectivity index (χ0v) is 8.89. The van der Waals surface area contributed by atoms with Gasteiger partial charge in [-0.1, -0.05) is 0 Å². The van der Waals surface area contributed by atoms with Crippen LogP contribution in [0.3, 0.4) is 0 Å². The Morgan fingerprint density at radius 1 is 1.62 bits per heavy atom. The quantitative estimate of drug-likeness (QED) is 0.614. The molecule has 0 bridgehead atoms. The van der Waals surface area contributed by atoms with Crippen LogP contribution in [-0.2, 0) is 10.6 Å². The number of hydrogen-bond acceptors (Lipinski definition) is 3. The van der Waals surface area contributed by atoms with Gasteiger partial charge in [-0.05, 0) is 6.07 Å². The average molecular weight is 254 g/mol. The summed E-state index contributed by atoms with van der Waals surface area (Å²) in [5.41, 5.74) is -1.75. The van der Waals surface area contributed by atoms with Gasteiger partial charge < -0.3 is 4.74 Å². The summed E-state index contributed by atoms with van der Waals surface area (Å²) in [5, 5.41) is 0. The molecule has 0 amide bonds. The second-order valence-corrected chi connectivity index (χ2v) is 3.04. The van der Waals surface area contributed by atoms with Crippen molar-refractivity contribution in [2.45, 2.75) is 12.3 Å². The highest BCUT2D eigenvalue weighted by Gasteiger charge is 2.23. The molecule has 3 nitrogen and oxygen atoms in total. The number of hydrogen-bond donors (Lipinski definition) is 0. The van der Waals surface area contributed by atoms with E-state index in [2.05, 4.69) is 9.72 Å². The average Bonchev–Trinajstić information content (AvgIpc) is 2.27. The third kappa shape index (κ3) is 2.44. The van der Waals surface area contributed by atoms with E-state index in [1.54, 1.807) is 0 Å². The van der Waals surface area contributed by atoms with Gasteiger partial charge >= 0.3 is 5.97 Å². The highest BCUT2D eigenvalue weighted by molar-refractivity contribution is 6.16.